The van der Waals surface area contributed by atoms with E-state index in [2.05, 4.69) is 16.9 Å². The Morgan fingerprint density at radius 3 is 2.63 bits per heavy atom. The van der Waals surface area contributed by atoms with E-state index >= 15 is 0 Å². The molecule has 0 saturated heterocycles. The fourth-order valence-corrected chi connectivity index (χ4v) is 1.66. The molecule has 0 radical (unpaired) electrons. The lowest BCUT2D eigenvalue weighted by Crippen LogP contribution is -2.00. The summed E-state index contributed by atoms with van der Waals surface area (Å²) in [6, 6.07) is 6.13. The first-order chi connectivity index (χ1) is 9.24. The van der Waals surface area contributed by atoms with E-state index in [1.54, 1.807) is 29.0 Å². The fourth-order valence-electron chi connectivity index (χ4n) is 1.66. The summed E-state index contributed by atoms with van der Waals surface area (Å²) in [5.74, 6) is -0.272. The van der Waals surface area contributed by atoms with Gasteiger partial charge in [0.05, 0.1) is 18.8 Å². The molecule has 2 rings (SSSR count). The number of halogens is 1. The zero-order valence-electron chi connectivity index (χ0n) is 10.3. The molecule has 0 aliphatic rings. The van der Waals surface area contributed by atoms with Gasteiger partial charge in [0.1, 0.15) is 11.5 Å². The van der Waals surface area contributed by atoms with Crippen LogP contribution < -0.4 is 0 Å². The first-order valence-electron chi connectivity index (χ1n) is 5.82. The number of hydrogen-bond acceptors (Lipinski definition) is 3. The van der Waals surface area contributed by atoms with Gasteiger partial charge in [-0.1, -0.05) is 29.5 Å². The Hall–Kier alpha value is -2.27. The van der Waals surface area contributed by atoms with Crippen molar-refractivity contribution in [3.05, 3.63) is 59.7 Å². The van der Waals surface area contributed by atoms with Gasteiger partial charge in [-0.05, 0) is 23.8 Å². The molecule has 0 fully saturated rings. The summed E-state index contributed by atoms with van der Waals surface area (Å²) in [7, 11) is 0. The number of hydrogen-bond donors (Lipinski definition) is 1. The van der Waals surface area contributed by atoms with Crippen molar-refractivity contribution in [2.75, 3.05) is 0 Å². The zero-order valence-corrected chi connectivity index (χ0v) is 10.3. The Balaban J connectivity index is 2.28. The van der Waals surface area contributed by atoms with E-state index in [1.807, 2.05) is 6.08 Å². The van der Waals surface area contributed by atoms with Crippen LogP contribution in [0, 0.1) is 5.82 Å². The number of aliphatic hydroxyl groups excluding tert-OH is 1. The molecule has 0 spiro atoms. The lowest BCUT2D eigenvalue weighted by Gasteiger charge is -2.00. The van der Waals surface area contributed by atoms with E-state index in [0.29, 0.717) is 17.9 Å². The topological polar surface area (TPSA) is 50.9 Å². The van der Waals surface area contributed by atoms with Crippen molar-refractivity contribution < 1.29 is 9.50 Å². The normalized spacial score (nSPS) is 11.1. The zero-order chi connectivity index (χ0) is 13.7. The lowest BCUT2D eigenvalue weighted by atomic mass is 10.2. The fraction of sp³-hybridized carbons (Fsp3) is 0.143. The van der Waals surface area contributed by atoms with Crippen LogP contribution >= 0.6 is 0 Å². The second-order valence-electron chi connectivity index (χ2n) is 3.94. The van der Waals surface area contributed by atoms with Gasteiger partial charge in [0.2, 0.25) is 0 Å². The van der Waals surface area contributed by atoms with Gasteiger partial charge < -0.3 is 5.11 Å². The molecule has 19 heavy (non-hydrogen) atoms. The molecule has 1 aromatic heterocycles. The van der Waals surface area contributed by atoms with E-state index < -0.39 is 0 Å². The number of allylic oxidation sites excluding steroid dienone is 1. The molecule has 5 heteroatoms. The predicted molar refractivity (Wildman–Crippen MR) is 71.5 cm³/mol. The quantitative estimate of drug-likeness (QED) is 0.838. The number of aliphatic hydroxyl groups is 1. The van der Waals surface area contributed by atoms with E-state index in [0.717, 1.165) is 5.56 Å². The van der Waals surface area contributed by atoms with Crippen molar-refractivity contribution in [2.24, 2.45) is 0 Å². The largest absolute Gasteiger partial charge is 0.390 e. The summed E-state index contributed by atoms with van der Waals surface area (Å²) in [6.07, 6.45) is 5.31. The van der Waals surface area contributed by atoms with Crippen molar-refractivity contribution in [3.8, 4) is 0 Å². The molecule has 0 aliphatic carbocycles. The summed E-state index contributed by atoms with van der Waals surface area (Å²) >= 11 is 0. The Morgan fingerprint density at radius 1 is 1.26 bits per heavy atom. The van der Waals surface area contributed by atoms with Crippen molar-refractivity contribution in [3.63, 3.8) is 0 Å². The van der Waals surface area contributed by atoms with Crippen LogP contribution in [0.1, 0.15) is 17.0 Å². The van der Waals surface area contributed by atoms with Gasteiger partial charge in [0.15, 0.2) is 0 Å². The molecule has 0 unspecified atom stereocenters. The van der Waals surface area contributed by atoms with Crippen LogP contribution in [0.5, 0.6) is 0 Å². The summed E-state index contributed by atoms with van der Waals surface area (Å²) < 4.78 is 14.4. The van der Waals surface area contributed by atoms with Crippen LogP contribution in [-0.4, -0.2) is 20.1 Å². The first kappa shape index (κ1) is 13.2. The van der Waals surface area contributed by atoms with Crippen molar-refractivity contribution in [1.29, 1.82) is 0 Å². The van der Waals surface area contributed by atoms with Gasteiger partial charge in [0.25, 0.3) is 0 Å². The molecule has 0 atom stereocenters. The second kappa shape index (κ2) is 6.06. The van der Waals surface area contributed by atoms with Gasteiger partial charge in [-0.15, -0.1) is 11.7 Å². The van der Waals surface area contributed by atoms with E-state index in [-0.39, 0.29) is 12.4 Å². The third-order valence-electron chi connectivity index (χ3n) is 2.60. The van der Waals surface area contributed by atoms with Gasteiger partial charge in [0, 0.05) is 0 Å². The van der Waals surface area contributed by atoms with Gasteiger partial charge in [-0.2, -0.15) is 0 Å². The van der Waals surface area contributed by atoms with Crippen LogP contribution in [0.2, 0.25) is 0 Å². The molecule has 2 aromatic rings. The third kappa shape index (κ3) is 3.14. The number of aromatic nitrogens is 3. The Kier molecular flexibility index (Phi) is 4.20. The highest BCUT2D eigenvalue weighted by molar-refractivity contribution is 5.68. The summed E-state index contributed by atoms with van der Waals surface area (Å²) in [4.78, 5) is 0. The highest BCUT2D eigenvalue weighted by Gasteiger charge is 2.07. The Labute approximate surface area is 110 Å². The smallest absolute Gasteiger partial charge is 0.123 e. The van der Waals surface area contributed by atoms with Crippen LogP contribution in [-0.2, 0) is 13.2 Å². The summed E-state index contributed by atoms with van der Waals surface area (Å²) in [6.45, 7) is 3.97. The van der Waals surface area contributed by atoms with E-state index in [9.17, 15) is 9.50 Å². The van der Waals surface area contributed by atoms with Crippen molar-refractivity contribution in [2.45, 2.75) is 13.2 Å². The highest BCUT2D eigenvalue weighted by Crippen LogP contribution is 2.12. The standard InChI is InChI=1S/C14H14FN3O/c1-2-9-18-14(13(10-19)16-17-18)8-5-11-3-6-12(15)7-4-11/h2-8,19H,1,9-10H2/b8-5+. The van der Waals surface area contributed by atoms with Crippen LogP contribution in [0.3, 0.4) is 0 Å². The molecule has 1 heterocycles. The minimum absolute atomic E-state index is 0.180. The Bertz CT molecular complexity index is 587. The minimum Gasteiger partial charge on any atom is -0.390 e. The number of nitrogens with zero attached hydrogens (tertiary/aromatic N) is 3. The summed E-state index contributed by atoms with van der Waals surface area (Å²) in [5, 5.41) is 17.0. The van der Waals surface area contributed by atoms with Crippen LogP contribution in [0.15, 0.2) is 36.9 Å². The van der Waals surface area contributed by atoms with Crippen LogP contribution in [0.25, 0.3) is 12.2 Å². The maximum absolute atomic E-state index is 12.8. The number of rotatable bonds is 5. The van der Waals surface area contributed by atoms with Gasteiger partial charge in [-0.3, -0.25) is 0 Å². The molecule has 0 bridgehead atoms. The molecule has 1 aromatic carbocycles. The first-order valence-corrected chi connectivity index (χ1v) is 5.82. The molecule has 0 amide bonds. The molecule has 98 valence electrons. The van der Waals surface area contributed by atoms with E-state index in [1.165, 1.54) is 12.1 Å². The van der Waals surface area contributed by atoms with Crippen molar-refractivity contribution in [1.82, 2.24) is 15.0 Å². The molecule has 0 aliphatic heterocycles. The predicted octanol–water partition coefficient (Wildman–Crippen LogP) is 2.27. The molecule has 1 N–H and O–H groups in total. The number of benzene rings is 1. The maximum atomic E-state index is 12.8. The Morgan fingerprint density at radius 2 is 2.00 bits per heavy atom. The average Bonchev–Trinajstić information content (AvgIpc) is 2.81. The molecule has 0 saturated carbocycles. The summed E-state index contributed by atoms with van der Waals surface area (Å²) in [5.41, 5.74) is 2.07. The van der Waals surface area contributed by atoms with Crippen LogP contribution in [0.4, 0.5) is 4.39 Å². The van der Waals surface area contributed by atoms with Crippen molar-refractivity contribution >= 4 is 12.2 Å². The maximum Gasteiger partial charge on any atom is 0.123 e. The van der Waals surface area contributed by atoms with Gasteiger partial charge >= 0.3 is 0 Å². The van der Waals surface area contributed by atoms with Gasteiger partial charge in [-0.25, -0.2) is 9.07 Å². The average molecular weight is 259 g/mol. The monoisotopic (exact) mass is 259 g/mol. The third-order valence-corrected chi connectivity index (χ3v) is 2.60. The minimum atomic E-state index is -0.272. The van der Waals surface area contributed by atoms with E-state index in [4.69, 9.17) is 0 Å². The second-order valence-corrected chi connectivity index (χ2v) is 3.94. The highest BCUT2D eigenvalue weighted by atomic mass is 19.1. The lowest BCUT2D eigenvalue weighted by molar-refractivity contribution is 0.276. The SMILES string of the molecule is C=CCn1nnc(CO)c1/C=C/c1ccc(F)cc1. The molecular weight excluding hydrogens is 245 g/mol. The molecule has 4 nitrogen and oxygen atoms in total. The molecular formula is C14H14FN3O.